The number of halogens is 1. The van der Waals surface area contributed by atoms with Crippen LogP contribution in [0.3, 0.4) is 0 Å². The largest absolute Gasteiger partial charge is 0.342 e. The standard InChI is InChI=1S/C22H29N3O2.ClH/c1-15(2)19(23)12-13-25(4)22(27)18-11-10-16(3)20(14-18)24-21(26)17-8-6-5-7-9-17;/h5-11,14-15,19H,12-13,23H2,1-4H3,(H,24,26);1H. The molecule has 0 aromatic heterocycles. The fourth-order valence-corrected chi connectivity index (χ4v) is 2.67. The molecule has 2 amide bonds. The number of amides is 2. The van der Waals surface area contributed by atoms with E-state index in [4.69, 9.17) is 5.73 Å². The van der Waals surface area contributed by atoms with Gasteiger partial charge in [0.2, 0.25) is 0 Å². The molecule has 0 saturated carbocycles. The average Bonchev–Trinajstić information content (AvgIpc) is 2.67. The summed E-state index contributed by atoms with van der Waals surface area (Å²) in [6, 6.07) is 14.4. The summed E-state index contributed by atoms with van der Waals surface area (Å²) in [6.07, 6.45) is 0.753. The molecule has 1 unspecified atom stereocenters. The summed E-state index contributed by atoms with van der Waals surface area (Å²) in [6.45, 7) is 6.65. The normalized spacial score (nSPS) is 11.5. The van der Waals surface area contributed by atoms with Crippen molar-refractivity contribution in [3.8, 4) is 0 Å². The van der Waals surface area contributed by atoms with Crippen LogP contribution in [-0.2, 0) is 0 Å². The number of rotatable bonds is 7. The van der Waals surface area contributed by atoms with Crippen LogP contribution < -0.4 is 11.1 Å². The van der Waals surface area contributed by atoms with Crippen LogP contribution in [0.5, 0.6) is 0 Å². The molecule has 0 aliphatic carbocycles. The molecular weight excluding hydrogens is 374 g/mol. The van der Waals surface area contributed by atoms with E-state index in [2.05, 4.69) is 19.2 Å². The predicted molar refractivity (Wildman–Crippen MR) is 117 cm³/mol. The smallest absolute Gasteiger partial charge is 0.255 e. The van der Waals surface area contributed by atoms with Crippen molar-refractivity contribution in [2.24, 2.45) is 11.7 Å². The first-order valence-electron chi connectivity index (χ1n) is 9.27. The molecule has 0 aliphatic rings. The molecule has 0 aliphatic heterocycles. The van der Waals surface area contributed by atoms with Crippen molar-refractivity contribution in [1.29, 1.82) is 0 Å². The fourth-order valence-electron chi connectivity index (χ4n) is 2.67. The predicted octanol–water partition coefficient (Wildman–Crippen LogP) is 4.11. The third-order valence-corrected chi connectivity index (χ3v) is 4.77. The Morgan fingerprint density at radius 1 is 1.07 bits per heavy atom. The molecule has 0 spiro atoms. The van der Waals surface area contributed by atoms with Crippen molar-refractivity contribution >= 4 is 29.9 Å². The molecule has 5 nitrogen and oxygen atoms in total. The van der Waals surface area contributed by atoms with Crippen LogP contribution in [0.2, 0.25) is 0 Å². The molecule has 152 valence electrons. The van der Waals surface area contributed by atoms with Gasteiger partial charge in [0, 0.05) is 36.4 Å². The first kappa shape index (κ1) is 23.7. The highest BCUT2D eigenvalue weighted by molar-refractivity contribution is 6.05. The Morgan fingerprint density at radius 3 is 2.32 bits per heavy atom. The summed E-state index contributed by atoms with van der Waals surface area (Å²) >= 11 is 0. The molecule has 2 rings (SSSR count). The van der Waals surface area contributed by atoms with Crippen LogP contribution in [-0.4, -0.2) is 36.3 Å². The van der Waals surface area contributed by atoms with Gasteiger partial charge in [0.1, 0.15) is 0 Å². The number of nitrogens with one attached hydrogen (secondary N) is 1. The second-order valence-corrected chi connectivity index (χ2v) is 7.27. The lowest BCUT2D eigenvalue weighted by Gasteiger charge is -2.22. The summed E-state index contributed by atoms with van der Waals surface area (Å²) in [5.74, 6) is 0.105. The van der Waals surface area contributed by atoms with Gasteiger partial charge in [-0.1, -0.05) is 38.1 Å². The number of hydrogen-bond acceptors (Lipinski definition) is 3. The van der Waals surface area contributed by atoms with Crippen LogP contribution >= 0.6 is 12.4 Å². The highest BCUT2D eigenvalue weighted by Gasteiger charge is 2.16. The topological polar surface area (TPSA) is 75.4 Å². The number of aryl methyl sites for hydroxylation is 1. The number of hydrogen-bond donors (Lipinski definition) is 2. The first-order chi connectivity index (χ1) is 12.8. The maximum absolute atomic E-state index is 12.7. The number of benzene rings is 2. The van der Waals surface area contributed by atoms with Crippen LogP contribution in [0.4, 0.5) is 5.69 Å². The zero-order valence-electron chi connectivity index (χ0n) is 16.9. The van der Waals surface area contributed by atoms with Crippen LogP contribution in [0.15, 0.2) is 48.5 Å². The Morgan fingerprint density at radius 2 is 1.71 bits per heavy atom. The first-order valence-corrected chi connectivity index (χ1v) is 9.27. The van der Waals surface area contributed by atoms with Crippen LogP contribution in [0.1, 0.15) is 46.5 Å². The number of carbonyl (C=O) groups is 2. The lowest BCUT2D eigenvalue weighted by molar-refractivity contribution is 0.0789. The molecule has 0 fully saturated rings. The Hall–Kier alpha value is -2.37. The third-order valence-electron chi connectivity index (χ3n) is 4.77. The Kier molecular flexibility index (Phi) is 9.16. The van der Waals surface area contributed by atoms with Crippen molar-refractivity contribution in [2.75, 3.05) is 18.9 Å². The fraction of sp³-hybridized carbons (Fsp3) is 0.364. The molecule has 2 aromatic carbocycles. The van der Waals surface area contributed by atoms with Crippen LogP contribution in [0.25, 0.3) is 0 Å². The summed E-state index contributed by atoms with van der Waals surface area (Å²) in [5, 5.41) is 2.90. The minimum Gasteiger partial charge on any atom is -0.342 e. The van der Waals surface area contributed by atoms with Gasteiger partial charge in [-0.3, -0.25) is 9.59 Å². The van der Waals surface area contributed by atoms with Gasteiger partial charge < -0.3 is 16.0 Å². The Labute approximate surface area is 173 Å². The van der Waals surface area contributed by atoms with E-state index in [1.54, 1.807) is 36.2 Å². The second-order valence-electron chi connectivity index (χ2n) is 7.27. The summed E-state index contributed by atoms with van der Waals surface area (Å²) in [4.78, 5) is 26.8. The summed E-state index contributed by atoms with van der Waals surface area (Å²) in [7, 11) is 1.78. The second kappa shape index (κ2) is 10.8. The van der Waals surface area contributed by atoms with E-state index in [0.29, 0.717) is 29.3 Å². The molecule has 0 saturated heterocycles. The van der Waals surface area contributed by atoms with Gasteiger partial charge in [-0.25, -0.2) is 0 Å². The molecule has 6 heteroatoms. The van der Waals surface area contributed by atoms with Gasteiger partial charge in [-0.05, 0) is 49.1 Å². The maximum atomic E-state index is 12.7. The Bertz CT molecular complexity index is 794. The Balaban J connectivity index is 0.00000392. The quantitative estimate of drug-likeness (QED) is 0.730. The van der Waals surface area contributed by atoms with E-state index < -0.39 is 0 Å². The highest BCUT2D eigenvalue weighted by Crippen LogP contribution is 2.19. The summed E-state index contributed by atoms with van der Waals surface area (Å²) in [5.41, 5.74) is 8.74. The molecule has 1 atom stereocenters. The van der Waals surface area contributed by atoms with Crippen molar-refractivity contribution in [1.82, 2.24) is 4.90 Å². The van der Waals surface area contributed by atoms with E-state index in [1.165, 1.54) is 0 Å². The lowest BCUT2D eigenvalue weighted by atomic mass is 10.0. The van der Waals surface area contributed by atoms with Gasteiger partial charge in [-0.2, -0.15) is 0 Å². The van der Waals surface area contributed by atoms with Gasteiger partial charge >= 0.3 is 0 Å². The monoisotopic (exact) mass is 403 g/mol. The summed E-state index contributed by atoms with van der Waals surface area (Å²) < 4.78 is 0. The van der Waals surface area contributed by atoms with Gasteiger partial charge in [0.25, 0.3) is 11.8 Å². The minimum absolute atomic E-state index is 0. The van der Waals surface area contributed by atoms with E-state index in [-0.39, 0.29) is 30.3 Å². The molecule has 0 radical (unpaired) electrons. The molecule has 0 bridgehead atoms. The van der Waals surface area contributed by atoms with Gasteiger partial charge in [0.15, 0.2) is 0 Å². The average molecular weight is 404 g/mol. The molecular formula is C22H30ClN3O2. The zero-order valence-corrected chi connectivity index (χ0v) is 17.8. The van der Waals surface area contributed by atoms with Crippen molar-refractivity contribution < 1.29 is 9.59 Å². The number of anilines is 1. The molecule has 0 heterocycles. The number of nitrogens with two attached hydrogens (primary N) is 1. The van der Waals surface area contributed by atoms with Crippen molar-refractivity contribution in [2.45, 2.75) is 33.2 Å². The molecule has 28 heavy (non-hydrogen) atoms. The molecule has 2 aromatic rings. The highest BCUT2D eigenvalue weighted by atomic mass is 35.5. The maximum Gasteiger partial charge on any atom is 0.255 e. The lowest BCUT2D eigenvalue weighted by Crippen LogP contribution is -2.34. The van der Waals surface area contributed by atoms with E-state index >= 15 is 0 Å². The number of carbonyl (C=O) groups excluding carboxylic acids is 2. The van der Waals surface area contributed by atoms with Gasteiger partial charge in [0.05, 0.1) is 0 Å². The number of nitrogens with zero attached hydrogens (tertiary/aromatic N) is 1. The van der Waals surface area contributed by atoms with E-state index in [0.717, 1.165) is 12.0 Å². The van der Waals surface area contributed by atoms with Crippen LogP contribution in [0, 0.1) is 12.8 Å². The van der Waals surface area contributed by atoms with E-state index in [9.17, 15) is 9.59 Å². The van der Waals surface area contributed by atoms with E-state index in [1.807, 2.05) is 31.2 Å². The SMILES string of the molecule is Cc1ccc(C(=O)N(C)CCC(N)C(C)C)cc1NC(=O)c1ccccc1.Cl. The van der Waals surface area contributed by atoms with Crippen molar-refractivity contribution in [3.05, 3.63) is 65.2 Å². The minimum atomic E-state index is -0.195. The van der Waals surface area contributed by atoms with Crippen molar-refractivity contribution in [3.63, 3.8) is 0 Å². The molecule has 3 N–H and O–H groups in total. The zero-order chi connectivity index (χ0) is 20.0. The third kappa shape index (κ3) is 6.36. The van der Waals surface area contributed by atoms with Gasteiger partial charge in [-0.15, -0.1) is 12.4 Å².